The maximum atomic E-state index is 12.3. The molecule has 2 N–H and O–H groups in total. The Bertz CT molecular complexity index is 1220. The molecule has 7 heteroatoms. The molecule has 0 bridgehead atoms. The zero-order valence-electron chi connectivity index (χ0n) is 15.9. The molecular formula is C21H20N4O2S. The Morgan fingerprint density at radius 1 is 1.07 bits per heavy atom. The summed E-state index contributed by atoms with van der Waals surface area (Å²) in [6.07, 6.45) is 0. The summed E-state index contributed by atoms with van der Waals surface area (Å²) >= 11 is 1.34. The number of amides is 1. The van der Waals surface area contributed by atoms with Crippen molar-refractivity contribution in [1.82, 2.24) is 14.6 Å². The highest BCUT2D eigenvalue weighted by Gasteiger charge is 2.14. The number of aryl methyl sites for hydroxylation is 3. The average Bonchev–Trinajstić information content (AvgIpc) is 3.07. The first-order valence-corrected chi connectivity index (χ1v) is 9.88. The van der Waals surface area contributed by atoms with Crippen molar-refractivity contribution in [2.75, 3.05) is 11.1 Å². The number of fused-ring (bicyclic) bond motifs is 3. The first-order valence-electron chi connectivity index (χ1n) is 8.90. The van der Waals surface area contributed by atoms with E-state index in [-0.39, 0.29) is 17.4 Å². The number of benzene rings is 2. The number of aromatic hydroxyl groups is 1. The van der Waals surface area contributed by atoms with E-state index in [0.29, 0.717) is 10.8 Å². The van der Waals surface area contributed by atoms with Gasteiger partial charge in [0.2, 0.25) is 5.91 Å². The van der Waals surface area contributed by atoms with Crippen LogP contribution in [0.25, 0.3) is 16.6 Å². The van der Waals surface area contributed by atoms with Gasteiger partial charge in [0.05, 0.1) is 11.3 Å². The van der Waals surface area contributed by atoms with Gasteiger partial charge in [0.25, 0.3) is 0 Å². The van der Waals surface area contributed by atoms with Gasteiger partial charge in [0.15, 0.2) is 10.8 Å². The predicted molar refractivity (Wildman–Crippen MR) is 112 cm³/mol. The summed E-state index contributed by atoms with van der Waals surface area (Å²) in [7, 11) is 0. The molecule has 0 unspecified atom stereocenters. The van der Waals surface area contributed by atoms with Crippen molar-refractivity contribution in [3.8, 4) is 5.75 Å². The number of nitrogens with one attached hydrogen (secondary N) is 1. The van der Waals surface area contributed by atoms with Crippen molar-refractivity contribution < 1.29 is 9.90 Å². The fraction of sp³-hybridized carbons (Fsp3) is 0.190. The van der Waals surface area contributed by atoms with Crippen molar-refractivity contribution in [3.63, 3.8) is 0 Å². The van der Waals surface area contributed by atoms with Crippen LogP contribution in [-0.2, 0) is 4.79 Å². The molecule has 2 aromatic heterocycles. The molecule has 6 nitrogen and oxygen atoms in total. The monoisotopic (exact) mass is 392 g/mol. The van der Waals surface area contributed by atoms with Crippen LogP contribution in [0.15, 0.2) is 47.6 Å². The van der Waals surface area contributed by atoms with Crippen LogP contribution in [0.4, 0.5) is 5.69 Å². The minimum absolute atomic E-state index is 0.113. The lowest BCUT2D eigenvalue weighted by atomic mass is 10.0. The van der Waals surface area contributed by atoms with E-state index in [1.165, 1.54) is 29.0 Å². The summed E-state index contributed by atoms with van der Waals surface area (Å²) in [6, 6.07) is 12.9. The van der Waals surface area contributed by atoms with Gasteiger partial charge < -0.3 is 10.4 Å². The number of phenolic OH excluding ortho intramolecular Hbond substituents is 1. The maximum absolute atomic E-state index is 12.3. The molecule has 0 radical (unpaired) electrons. The number of hydrogen-bond donors (Lipinski definition) is 2. The number of carbonyl (C=O) groups excluding carboxylic acids is 1. The van der Waals surface area contributed by atoms with Gasteiger partial charge >= 0.3 is 0 Å². The van der Waals surface area contributed by atoms with Crippen LogP contribution < -0.4 is 5.32 Å². The van der Waals surface area contributed by atoms with Crippen LogP contribution in [-0.4, -0.2) is 31.4 Å². The summed E-state index contributed by atoms with van der Waals surface area (Å²) in [4.78, 5) is 12.3. The van der Waals surface area contributed by atoms with Crippen LogP contribution in [0.2, 0.25) is 0 Å². The first-order chi connectivity index (χ1) is 13.4. The summed E-state index contributed by atoms with van der Waals surface area (Å²) in [5.41, 5.74) is 5.86. The molecule has 0 aliphatic heterocycles. The third-order valence-electron chi connectivity index (χ3n) is 4.70. The van der Waals surface area contributed by atoms with Crippen LogP contribution in [0, 0.1) is 20.8 Å². The molecule has 0 saturated carbocycles. The predicted octanol–water partition coefficient (Wildman–Crippen LogP) is 4.24. The highest BCUT2D eigenvalue weighted by Crippen LogP contribution is 2.27. The zero-order chi connectivity index (χ0) is 19.8. The van der Waals surface area contributed by atoms with Crippen molar-refractivity contribution in [3.05, 3.63) is 59.2 Å². The number of carbonyl (C=O) groups is 1. The number of thioether (sulfide) groups is 1. The molecule has 1 amide bonds. The molecule has 4 aromatic rings. The topological polar surface area (TPSA) is 79.5 Å². The number of anilines is 1. The second-order valence-corrected chi connectivity index (χ2v) is 7.79. The van der Waals surface area contributed by atoms with Gasteiger partial charge in [-0.05, 0) is 73.2 Å². The third-order valence-corrected chi connectivity index (χ3v) is 5.63. The highest BCUT2D eigenvalue weighted by atomic mass is 32.2. The number of phenols is 1. The molecule has 0 aliphatic rings. The standard InChI is InChI=1S/C21H20N4O2S/c1-12-7-15-8-14(3)20-23-24-21(25(20)18(15)9-13(12)2)28-11-19(27)22-16-5-4-6-17(26)10-16/h4-10,26H,11H2,1-3H3,(H,22,27). The second kappa shape index (κ2) is 7.16. The Kier molecular flexibility index (Phi) is 4.68. The SMILES string of the molecule is Cc1cc2cc(C)c3nnc(SCC(=O)Nc4cccc(O)c4)n3c2cc1C. The van der Waals surface area contributed by atoms with E-state index >= 15 is 0 Å². The van der Waals surface area contributed by atoms with Crippen molar-refractivity contribution >= 4 is 39.9 Å². The minimum Gasteiger partial charge on any atom is -0.508 e. The van der Waals surface area contributed by atoms with Crippen molar-refractivity contribution in [1.29, 1.82) is 0 Å². The molecule has 0 spiro atoms. The normalized spacial score (nSPS) is 11.2. The fourth-order valence-electron chi connectivity index (χ4n) is 3.18. The Hall–Kier alpha value is -3.06. The maximum Gasteiger partial charge on any atom is 0.234 e. The smallest absolute Gasteiger partial charge is 0.234 e. The summed E-state index contributed by atoms with van der Waals surface area (Å²) in [6.45, 7) is 6.20. The van der Waals surface area contributed by atoms with Crippen LogP contribution in [0.5, 0.6) is 5.75 Å². The van der Waals surface area contributed by atoms with Crippen molar-refractivity contribution in [2.45, 2.75) is 25.9 Å². The third kappa shape index (κ3) is 3.41. The van der Waals surface area contributed by atoms with E-state index in [4.69, 9.17) is 0 Å². The van der Waals surface area contributed by atoms with Crippen LogP contribution in [0.3, 0.4) is 0 Å². The van der Waals surface area contributed by atoms with Gasteiger partial charge in [-0.2, -0.15) is 0 Å². The zero-order valence-corrected chi connectivity index (χ0v) is 16.7. The van der Waals surface area contributed by atoms with E-state index in [0.717, 1.165) is 22.1 Å². The number of pyridine rings is 1. The Balaban J connectivity index is 1.64. The van der Waals surface area contributed by atoms with E-state index in [1.807, 2.05) is 11.3 Å². The van der Waals surface area contributed by atoms with E-state index in [1.54, 1.807) is 18.2 Å². The van der Waals surface area contributed by atoms with E-state index in [2.05, 4.69) is 47.6 Å². The average molecular weight is 392 g/mol. The van der Waals surface area contributed by atoms with Crippen LogP contribution in [0.1, 0.15) is 16.7 Å². The molecule has 0 aliphatic carbocycles. The lowest BCUT2D eigenvalue weighted by Crippen LogP contribution is -2.14. The summed E-state index contributed by atoms with van der Waals surface area (Å²) in [5, 5.41) is 22.7. The number of nitrogens with zero attached hydrogens (tertiary/aromatic N) is 3. The van der Waals surface area contributed by atoms with E-state index < -0.39 is 0 Å². The lowest BCUT2D eigenvalue weighted by Gasteiger charge is -2.10. The molecule has 142 valence electrons. The molecule has 2 aromatic carbocycles. The molecular weight excluding hydrogens is 372 g/mol. The Labute approximate surface area is 166 Å². The minimum atomic E-state index is -0.170. The van der Waals surface area contributed by atoms with E-state index in [9.17, 15) is 9.90 Å². The summed E-state index contributed by atoms with van der Waals surface area (Å²) in [5.74, 6) is 0.134. The summed E-state index contributed by atoms with van der Waals surface area (Å²) < 4.78 is 2.02. The quantitative estimate of drug-likeness (QED) is 0.508. The van der Waals surface area contributed by atoms with Crippen molar-refractivity contribution in [2.24, 2.45) is 0 Å². The highest BCUT2D eigenvalue weighted by molar-refractivity contribution is 7.99. The van der Waals surface area contributed by atoms with Gasteiger partial charge in [-0.25, -0.2) is 0 Å². The largest absolute Gasteiger partial charge is 0.508 e. The van der Waals surface area contributed by atoms with Gasteiger partial charge in [0.1, 0.15) is 5.75 Å². The molecule has 0 saturated heterocycles. The Morgan fingerprint density at radius 2 is 1.82 bits per heavy atom. The van der Waals surface area contributed by atoms with Gasteiger partial charge in [0, 0.05) is 11.8 Å². The Morgan fingerprint density at radius 3 is 2.61 bits per heavy atom. The fourth-order valence-corrected chi connectivity index (χ4v) is 3.92. The number of aromatic nitrogens is 3. The molecule has 4 rings (SSSR count). The lowest BCUT2D eigenvalue weighted by molar-refractivity contribution is -0.113. The van der Waals surface area contributed by atoms with Gasteiger partial charge in [-0.1, -0.05) is 17.8 Å². The number of rotatable bonds is 4. The molecule has 0 fully saturated rings. The molecule has 2 heterocycles. The van der Waals surface area contributed by atoms with Gasteiger partial charge in [-0.3, -0.25) is 9.20 Å². The molecule has 0 atom stereocenters. The first kappa shape index (κ1) is 18.3. The molecule has 28 heavy (non-hydrogen) atoms. The van der Waals surface area contributed by atoms with Crippen LogP contribution >= 0.6 is 11.8 Å². The van der Waals surface area contributed by atoms with Gasteiger partial charge in [-0.15, -0.1) is 10.2 Å². The number of hydrogen-bond acceptors (Lipinski definition) is 5. The second-order valence-electron chi connectivity index (χ2n) is 6.85.